The van der Waals surface area contributed by atoms with Gasteiger partial charge in [0.15, 0.2) is 0 Å². The van der Waals surface area contributed by atoms with Gasteiger partial charge in [0.1, 0.15) is 0 Å². The van der Waals surface area contributed by atoms with Gasteiger partial charge in [0.25, 0.3) is 0 Å². The SMILES string of the molecule is COCC1CN(Cc2cccs2)CC12CCN(Cc1ccccn1)CC2.O=C(O)C(F)(F)F.O=C(O)C(F)(F)F.O=C(O)C(F)(F)F. The molecule has 1 atom stereocenters. The maximum absolute atomic E-state index is 10.6. The number of hydrogen-bond donors (Lipinski definition) is 3. The summed E-state index contributed by atoms with van der Waals surface area (Å²) >= 11 is 1.87. The van der Waals surface area contributed by atoms with Gasteiger partial charge in [-0.25, -0.2) is 14.4 Å². The Labute approximate surface area is 266 Å². The molecule has 2 aliphatic heterocycles. The van der Waals surface area contributed by atoms with E-state index in [2.05, 4.69) is 44.4 Å². The average Bonchev–Trinajstić information content (AvgIpc) is 3.58. The van der Waals surface area contributed by atoms with Gasteiger partial charge in [0, 0.05) is 50.3 Å². The van der Waals surface area contributed by atoms with Gasteiger partial charge in [0.05, 0.1) is 12.3 Å². The zero-order chi connectivity index (χ0) is 36.1. The fourth-order valence-corrected chi connectivity index (χ4v) is 5.51. The fourth-order valence-electron chi connectivity index (χ4n) is 4.76. The smallest absolute Gasteiger partial charge is 0.475 e. The first kappa shape index (κ1) is 41.5. The lowest BCUT2D eigenvalue weighted by Crippen LogP contribution is -2.45. The number of carboxylic acid groups (broad SMARTS) is 3. The summed E-state index contributed by atoms with van der Waals surface area (Å²) < 4.78 is 101. The lowest BCUT2D eigenvalue weighted by atomic mass is 9.71. The minimum atomic E-state index is -5.08. The van der Waals surface area contributed by atoms with Gasteiger partial charge in [-0.1, -0.05) is 12.1 Å². The zero-order valence-electron chi connectivity index (χ0n) is 24.6. The van der Waals surface area contributed by atoms with Gasteiger partial charge in [-0.05, 0) is 54.9 Å². The Morgan fingerprint density at radius 2 is 1.36 bits per heavy atom. The minimum absolute atomic E-state index is 0.424. The Morgan fingerprint density at radius 1 is 0.851 bits per heavy atom. The van der Waals surface area contributed by atoms with E-state index in [0.717, 1.165) is 19.7 Å². The maximum atomic E-state index is 10.6. The molecule has 2 aromatic rings. The number of thiophene rings is 1. The van der Waals surface area contributed by atoms with Gasteiger partial charge < -0.3 is 20.1 Å². The Morgan fingerprint density at radius 3 is 1.74 bits per heavy atom. The van der Waals surface area contributed by atoms with Gasteiger partial charge in [-0.3, -0.25) is 14.8 Å². The summed E-state index contributed by atoms with van der Waals surface area (Å²) in [6.07, 6.45) is -10.8. The van der Waals surface area contributed by atoms with E-state index in [1.165, 1.54) is 49.6 Å². The van der Waals surface area contributed by atoms with Crippen LogP contribution < -0.4 is 0 Å². The van der Waals surface area contributed by atoms with Crippen LogP contribution >= 0.6 is 11.3 Å². The second kappa shape index (κ2) is 18.2. The number of hydrogen-bond acceptors (Lipinski definition) is 8. The van der Waals surface area contributed by atoms with Crippen molar-refractivity contribution in [3.8, 4) is 0 Å². The molecule has 0 amide bonds. The number of methoxy groups -OCH3 is 1. The lowest BCUT2D eigenvalue weighted by Gasteiger charge is -2.42. The van der Waals surface area contributed by atoms with Crippen molar-refractivity contribution >= 4 is 29.2 Å². The van der Waals surface area contributed by atoms with Gasteiger partial charge in [0.2, 0.25) is 0 Å². The summed E-state index contributed by atoms with van der Waals surface area (Å²) in [6.45, 7) is 7.69. The molecule has 0 aromatic carbocycles. The van der Waals surface area contributed by atoms with Crippen LogP contribution in [0, 0.1) is 11.3 Å². The molecule has 1 unspecified atom stereocenters. The Kier molecular flexibility index (Phi) is 16.0. The third-order valence-corrected chi connectivity index (χ3v) is 7.76. The van der Waals surface area contributed by atoms with Crippen LogP contribution in [0.5, 0.6) is 0 Å². The zero-order valence-corrected chi connectivity index (χ0v) is 25.4. The number of carboxylic acids is 3. The van der Waals surface area contributed by atoms with Crippen LogP contribution in [-0.2, 0) is 32.2 Å². The first-order chi connectivity index (χ1) is 21.6. The fraction of sp³-hybridized carbons (Fsp3) is 0.556. The number of carbonyl (C=O) groups is 3. The third-order valence-electron chi connectivity index (χ3n) is 6.90. The standard InChI is InChI=1S/C21H29N3OS.3C2HF3O2/c1-25-16-18-13-24(15-20-6-4-12-26-20)17-21(18)7-10-23(11-8-21)14-19-5-2-3-9-22-19;3*3-2(4,5)1(6)7/h2-6,9,12,18H,7-8,10-11,13-17H2,1H3;3*(H,6,7). The summed E-state index contributed by atoms with van der Waals surface area (Å²) in [5.41, 5.74) is 1.61. The number of halogens is 9. The summed E-state index contributed by atoms with van der Waals surface area (Å²) in [7, 11) is 1.85. The van der Waals surface area contributed by atoms with Crippen molar-refractivity contribution in [2.45, 2.75) is 44.5 Å². The molecule has 4 heterocycles. The number of alkyl halides is 9. The number of likely N-dealkylation sites (tertiary alicyclic amines) is 2. The predicted molar refractivity (Wildman–Crippen MR) is 147 cm³/mol. The van der Waals surface area contributed by atoms with Crippen molar-refractivity contribution < 1.29 is 74.0 Å². The van der Waals surface area contributed by atoms with E-state index in [4.69, 9.17) is 34.4 Å². The van der Waals surface area contributed by atoms with Crippen molar-refractivity contribution in [3.63, 3.8) is 0 Å². The molecule has 2 aliphatic rings. The molecule has 266 valence electrons. The highest BCUT2D eigenvalue weighted by atomic mass is 32.1. The van der Waals surface area contributed by atoms with Crippen LogP contribution in [0.15, 0.2) is 41.9 Å². The molecule has 4 rings (SSSR count). The molecule has 0 bridgehead atoms. The normalized spacial score (nSPS) is 18.1. The van der Waals surface area contributed by atoms with Crippen molar-refractivity contribution in [2.75, 3.05) is 39.9 Å². The van der Waals surface area contributed by atoms with E-state index in [9.17, 15) is 39.5 Å². The van der Waals surface area contributed by atoms with Gasteiger partial charge >= 0.3 is 36.4 Å². The molecular formula is C27H32F9N3O7S. The van der Waals surface area contributed by atoms with Gasteiger partial charge in [-0.2, -0.15) is 39.5 Å². The number of piperidine rings is 1. The molecule has 0 radical (unpaired) electrons. The van der Waals surface area contributed by atoms with E-state index >= 15 is 0 Å². The van der Waals surface area contributed by atoms with E-state index in [1.54, 1.807) is 0 Å². The van der Waals surface area contributed by atoms with Crippen LogP contribution in [-0.4, -0.2) is 106 Å². The van der Waals surface area contributed by atoms with Crippen LogP contribution in [0.4, 0.5) is 39.5 Å². The van der Waals surface area contributed by atoms with Crippen molar-refractivity contribution in [1.82, 2.24) is 14.8 Å². The van der Waals surface area contributed by atoms with E-state index < -0.39 is 36.4 Å². The highest BCUT2D eigenvalue weighted by molar-refractivity contribution is 7.09. The lowest BCUT2D eigenvalue weighted by molar-refractivity contribution is -0.193. The van der Waals surface area contributed by atoms with Crippen LogP contribution in [0.25, 0.3) is 0 Å². The summed E-state index contributed by atoms with van der Waals surface area (Å²) in [5, 5.41) is 23.6. The van der Waals surface area contributed by atoms with E-state index in [1.807, 2.05) is 30.7 Å². The third kappa shape index (κ3) is 15.3. The number of nitrogens with zero attached hydrogens (tertiary/aromatic N) is 3. The summed E-state index contributed by atoms with van der Waals surface area (Å²) in [4.78, 5) is 37.9. The first-order valence-corrected chi connectivity index (χ1v) is 14.2. The number of ether oxygens (including phenoxy) is 1. The molecule has 2 aromatic heterocycles. The summed E-state index contributed by atoms with van der Waals surface area (Å²) in [6, 6.07) is 10.6. The maximum Gasteiger partial charge on any atom is 0.490 e. The Bertz CT molecular complexity index is 1180. The number of aromatic nitrogens is 1. The number of pyridine rings is 1. The second-order valence-corrected chi connectivity index (χ2v) is 11.3. The molecule has 2 saturated heterocycles. The molecule has 2 fully saturated rings. The quantitative estimate of drug-likeness (QED) is 0.334. The molecule has 47 heavy (non-hydrogen) atoms. The average molecular weight is 714 g/mol. The largest absolute Gasteiger partial charge is 0.490 e. The highest BCUT2D eigenvalue weighted by Crippen LogP contribution is 2.45. The molecule has 1 spiro atoms. The predicted octanol–water partition coefficient (Wildman–Crippen LogP) is 5.40. The monoisotopic (exact) mass is 713 g/mol. The van der Waals surface area contributed by atoms with Crippen LogP contribution in [0.2, 0.25) is 0 Å². The van der Waals surface area contributed by atoms with Crippen molar-refractivity contribution in [2.24, 2.45) is 11.3 Å². The minimum Gasteiger partial charge on any atom is -0.475 e. The second-order valence-electron chi connectivity index (χ2n) is 10.3. The van der Waals surface area contributed by atoms with Crippen molar-refractivity contribution in [3.05, 3.63) is 52.5 Å². The number of rotatable bonds is 6. The highest BCUT2D eigenvalue weighted by Gasteiger charge is 2.47. The van der Waals surface area contributed by atoms with E-state index in [-0.39, 0.29) is 0 Å². The van der Waals surface area contributed by atoms with Gasteiger partial charge in [-0.15, -0.1) is 11.3 Å². The van der Waals surface area contributed by atoms with Crippen LogP contribution in [0.3, 0.4) is 0 Å². The molecule has 0 aliphatic carbocycles. The topological polar surface area (TPSA) is 140 Å². The first-order valence-electron chi connectivity index (χ1n) is 13.4. The molecular weight excluding hydrogens is 681 g/mol. The number of aliphatic carboxylic acids is 3. The molecule has 20 heteroatoms. The molecule has 3 N–H and O–H groups in total. The van der Waals surface area contributed by atoms with E-state index in [0.29, 0.717) is 11.3 Å². The molecule has 10 nitrogen and oxygen atoms in total. The molecule has 0 saturated carbocycles. The Balaban J connectivity index is 0.000000430. The Hall–Kier alpha value is -3.49. The van der Waals surface area contributed by atoms with Crippen LogP contribution in [0.1, 0.15) is 23.4 Å². The van der Waals surface area contributed by atoms with Crippen molar-refractivity contribution in [1.29, 1.82) is 0 Å². The summed E-state index contributed by atoms with van der Waals surface area (Å²) in [5.74, 6) is -7.61.